The number of nitrogens with zero attached hydrogens (tertiary/aromatic N) is 2. The summed E-state index contributed by atoms with van der Waals surface area (Å²) in [5.41, 5.74) is 1.90. The molecule has 0 saturated carbocycles. The van der Waals surface area contributed by atoms with Crippen molar-refractivity contribution in [2.24, 2.45) is 0 Å². The van der Waals surface area contributed by atoms with Gasteiger partial charge in [-0.25, -0.2) is 4.79 Å². The second-order valence-corrected chi connectivity index (χ2v) is 11.6. The Morgan fingerprint density at radius 2 is 1.52 bits per heavy atom. The van der Waals surface area contributed by atoms with Crippen molar-refractivity contribution in [1.29, 1.82) is 0 Å². The van der Waals surface area contributed by atoms with Crippen LogP contribution in [0.3, 0.4) is 0 Å². The molecular formula is C33H47Cl2N3O8. The predicted molar refractivity (Wildman–Crippen MR) is 177 cm³/mol. The number of alkyl carbamates (subject to hydrolysis) is 1. The van der Waals surface area contributed by atoms with Gasteiger partial charge in [0.2, 0.25) is 5.91 Å². The molecule has 0 bridgehead atoms. The monoisotopic (exact) mass is 683 g/mol. The SMILES string of the molecule is COCCOCCOCCOCCOCCNC(=O)O[C@H]1CCN([C@H](CN(C)C(=O)Cc2ccc(Cl)c(Cl)c2)c2ccccc2)C1. The Hall–Kier alpha value is -2.48. The van der Waals surface area contributed by atoms with E-state index in [-0.39, 0.29) is 24.5 Å². The molecule has 1 aliphatic rings. The Balaban J connectivity index is 1.31. The molecule has 1 saturated heterocycles. The summed E-state index contributed by atoms with van der Waals surface area (Å²) in [6.07, 6.45) is 0.201. The topological polar surface area (TPSA) is 108 Å². The molecule has 1 heterocycles. The number of hydrogen-bond acceptors (Lipinski definition) is 9. The molecule has 2 aromatic rings. The Kier molecular flexibility index (Phi) is 18.3. The molecule has 46 heavy (non-hydrogen) atoms. The van der Waals surface area contributed by atoms with E-state index in [0.717, 1.165) is 17.7 Å². The van der Waals surface area contributed by atoms with Gasteiger partial charge in [-0.2, -0.15) is 0 Å². The first kappa shape index (κ1) is 38.0. The van der Waals surface area contributed by atoms with Crippen LogP contribution >= 0.6 is 23.2 Å². The van der Waals surface area contributed by atoms with Crippen molar-refractivity contribution < 1.29 is 38.0 Å². The minimum absolute atomic E-state index is 0.0240. The standard InChI is InChI=1S/C33H47Cl2N3O8/c1-37(32(39)23-26-8-9-29(34)30(35)22-26)25-31(27-6-4-3-5-7-27)38-12-10-28(24-38)46-33(40)36-11-13-42-16-17-44-20-21-45-19-18-43-15-14-41-2/h3-9,22,28,31H,10-21,23-25H2,1-2H3,(H,36,40)/t28-,31+/m0/s1. The minimum Gasteiger partial charge on any atom is -0.445 e. The quantitative estimate of drug-likeness (QED) is 0.182. The van der Waals surface area contributed by atoms with Gasteiger partial charge in [0.25, 0.3) is 0 Å². The van der Waals surface area contributed by atoms with E-state index in [9.17, 15) is 9.59 Å². The molecule has 0 radical (unpaired) electrons. The maximum absolute atomic E-state index is 13.1. The molecule has 2 amide bonds. The average molecular weight is 685 g/mol. The lowest BCUT2D eigenvalue weighted by atomic mass is 10.0. The van der Waals surface area contributed by atoms with Crippen LogP contribution in [0.1, 0.15) is 23.6 Å². The van der Waals surface area contributed by atoms with Gasteiger partial charge in [0.05, 0.1) is 82.0 Å². The van der Waals surface area contributed by atoms with Crippen LogP contribution in [-0.4, -0.2) is 128 Å². The number of nitrogens with one attached hydrogen (secondary N) is 1. The van der Waals surface area contributed by atoms with Gasteiger partial charge in [-0.1, -0.05) is 59.6 Å². The first-order valence-electron chi connectivity index (χ1n) is 15.6. The zero-order valence-electron chi connectivity index (χ0n) is 26.8. The molecule has 0 aliphatic carbocycles. The average Bonchev–Trinajstić information content (AvgIpc) is 3.51. The van der Waals surface area contributed by atoms with Crippen LogP contribution in [0, 0.1) is 0 Å². The van der Waals surface area contributed by atoms with Crippen molar-refractivity contribution in [2.45, 2.75) is 25.0 Å². The van der Waals surface area contributed by atoms with Crippen LogP contribution in [0.5, 0.6) is 0 Å². The number of amides is 2. The van der Waals surface area contributed by atoms with Crippen molar-refractivity contribution in [3.8, 4) is 0 Å². The summed E-state index contributed by atoms with van der Waals surface area (Å²) < 4.78 is 32.3. The zero-order valence-corrected chi connectivity index (χ0v) is 28.3. The molecular weight excluding hydrogens is 637 g/mol. The van der Waals surface area contributed by atoms with Crippen molar-refractivity contribution in [3.63, 3.8) is 0 Å². The molecule has 2 atom stereocenters. The van der Waals surface area contributed by atoms with Gasteiger partial charge >= 0.3 is 6.09 Å². The third kappa shape index (κ3) is 14.5. The molecule has 256 valence electrons. The van der Waals surface area contributed by atoms with Gasteiger partial charge in [0.15, 0.2) is 0 Å². The fraction of sp³-hybridized carbons (Fsp3) is 0.576. The summed E-state index contributed by atoms with van der Waals surface area (Å²) in [6, 6.07) is 15.3. The number of methoxy groups -OCH3 is 1. The Morgan fingerprint density at radius 1 is 0.891 bits per heavy atom. The van der Waals surface area contributed by atoms with Crippen molar-refractivity contribution in [3.05, 3.63) is 69.7 Å². The second-order valence-electron chi connectivity index (χ2n) is 10.8. The van der Waals surface area contributed by atoms with E-state index in [1.54, 1.807) is 31.2 Å². The lowest BCUT2D eigenvalue weighted by molar-refractivity contribution is -0.129. The number of ether oxygens (including phenoxy) is 6. The highest BCUT2D eigenvalue weighted by molar-refractivity contribution is 6.42. The van der Waals surface area contributed by atoms with E-state index in [0.29, 0.717) is 95.6 Å². The van der Waals surface area contributed by atoms with E-state index in [1.807, 2.05) is 24.3 Å². The predicted octanol–water partition coefficient (Wildman–Crippen LogP) is 4.25. The fourth-order valence-corrected chi connectivity index (χ4v) is 5.20. The summed E-state index contributed by atoms with van der Waals surface area (Å²) in [5, 5.41) is 3.63. The molecule has 1 fully saturated rings. The van der Waals surface area contributed by atoms with E-state index in [2.05, 4.69) is 22.3 Å². The highest BCUT2D eigenvalue weighted by Gasteiger charge is 2.32. The van der Waals surface area contributed by atoms with Gasteiger partial charge in [0.1, 0.15) is 6.10 Å². The Bertz CT molecular complexity index is 1160. The summed E-state index contributed by atoms with van der Waals surface area (Å²) in [4.78, 5) is 29.5. The second kappa shape index (κ2) is 22.2. The van der Waals surface area contributed by atoms with Gasteiger partial charge in [-0.05, 0) is 29.7 Å². The molecule has 1 aliphatic heterocycles. The number of benzene rings is 2. The number of halogens is 2. The van der Waals surface area contributed by atoms with Gasteiger partial charge < -0.3 is 38.6 Å². The zero-order chi connectivity index (χ0) is 33.0. The highest BCUT2D eigenvalue weighted by Crippen LogP contribution is 2.28. The summed E-state index contributed by atoms with van der Waals surface area (Å²) in [6.45, 7) is 6.46. The lowest BCUT2D eigenvalue weighted by Crippen LogP contribution is -2.39. The summed E-state index contributed by atoms with van der Waals surface area (Å²) >= 11 is 12.2. The largest absolute Gasteiger partial charge is 0.445 e. The summed E-state index contributed by atoms with van der Waals surface area (Å²) in [7, 11) is 3.44. The maximum Gasteiger partial charge on any atom is 0.407 e. The number of carbonyl (C=O) groups excluding carboxylic acids is 2. The van der Waals surface area contributed by atoms with E-state index in [1.165, 1.54) is 0 Å². The first-order valence-corrected chi connectivity index (χ1v) is 16.3. The Morgan fingerprint density at radius 3 is 2.15 bits per heavy atom. The Labute approximate surface area is 282 Å². The molecule has 0 spiro atoms. The minimum atomic E-state index is -0.472. The van der Waals surface area contributed by atoms with Gasteiger partial charge in [-0.15, -0.1) is 0 Å². The van der Waals surface area contributed by atoms with Crippen molar-refractivity contribution >= 4 is 35.2 Å². The van der Waals surface area contributed by atoms with Crippen LogP contribution in [0.15, 0.2) is 48.5 Å². The number of likely N-dealkylation sites (N-methyl/N-ethyl adjacent to an activating group) is 1. The van der Waals surface area contributed by atoms with Gasteiger partial charge in [-0.3, -0.25) is 9.69 Å². The van der Waals surface area contributed by atoms with Crippen molar-refractivity contribution in [2.75, 3.05) is 99.8 Å². The summed E-state index contributed by atoms with van der Waals surface area (Å²) in [5.74, 6) is -0.0240. The third-order valence-corrected chi connectivity index (χ3v) is 8.09. The van der Waals surface area contributed by atoms with Crippen LogP contribution < -0.4 is 5.32 Å². The molecule has 3 rings (SSSR count). The normalized spacial score (nSPS) is 15.5. The smallest absolute Gasteiger partial charge is 0.407 e. The third-order valence-electron chi connectivity index (χ3n) is 7.35. The van der Waals surface area contributed by atoms with E-state index >= 15 is 0 Å². The number of carbonyl (C=O) groups is 2. The molecule has 1 N–H and O–H groups in total. The van der Waals surface area contributed by atoms with Crippen molar-refractivity contribution in [1.82, 2.24) is 15.1 Å². The number of rotatable bonds is 22. The van der Waals surface area contributed by atoms with Gasteiger partial charge in [0, 0.05) is 40.3 Å². The highest BCUT2D eigenvalue weighted by atomic mass is 35.5. The van der Waals surface area contributed by atoms with E-state index in [4.69, 9.17) is 51.6 Å². The molecule has 13 heteroatoms. The van der Waals surface area contributed by atoms with Crippen LogP contribution in [0.4, 0.5) is 4.79 Å². The number of hydrogen-bond donors (Lipinski definition) is 1. The first-order chi connectivity index (χ1) is 22.4. The lowest BCUT2D eigenvalue weighted by Gasteiger charge is -2.32. The fourth-order valence-electron chi connectivity index (χ4n) is 4.88. The molecule has 0 aromatic heterocycles. The van der Waals surface area contributed by atoms with E-state index < -0.39 is 6.09 Å². The van der Waals surface area contributed by atoms with Crippen LogP contribution in [0.2, 0.25) is 10.0 Å². The molecule has 11 nitrogen and oxygen atoms in total. The number of likely N-dealkylation sites (tertiary alicyclic amines) is 1. The van der Waals surface area contributed by atoms with Crippen LogP contribution in [0.25, 0.3) is 0 Å². The molecule has 0 unspecified atom stereocenters. The molecule has 2 aromatic carbocycles. The maximum atomic E-state index is 13.1. The van der Waals surface area contributed by atoms with Crippen LogP contribution in [-0.2, 0) is 39.6 Å².